The van der Waals surface area contributed by atoms with E-state index in [0.29, 0.717) is 32.5 Å². The maximum absolute atomic E-state index is 11.9. The second kappa shape index (κ2) is 8.53. The van der Waals surface area contributed by atoms with Gasteiger partial charge in [0.05, 0.1) is 31.7 Å². The lowest BCUT2D eigenvalue weighted by atomic mass is 9.83. The topological polar surface area (TPSA) is 72.8 Å². The van der Waals surface area contributed by atoms with Crippen LogP contribution in [-0.2, 0) is 19.1 Å². The van der Waals surface area contributed by atoms with Gasteiger partial charge in [-0.15, -0.1) is 0 Å². The monoisotopic (exact) mass is 282 g/mol. The Morgan fingerprint density at radius 3 is 2.50 bits per heavy atom. The van der Waals surface area contributed by atoms with Gasteiger partial charge in [-0.05, 0) is 19.8 Å². The normalized spacial score (nSPS) is 21.4. The molecule has 0 aliphatic heterocycles. The van der Waals surface area contributed by atoms with E-state index in [2.05, 4.69) is 6.58 Å². The zero-order valence-corrected chi connectivity index (χ0v) is 11.8. The predicted octanol–water partition coefficient (Wildman–Crippen LogP) is 2.18. The standard InChI is InChI=1S/C15H22O5/c1-11(2)10-19-8-5-9-20-15(18)13-7-4-3-6-12(13)14(16)17/h3-4,12-13H,1,5-10H2,2H3,(H,16,17). The molecule has 0 aromatic carbocycles. The molecule has 0 saturated carbocycles. The van der Waals surface area contributed by atoms with E-state index >= 15 is 0 Å². The van der Waals surface area contributed by atoms with E-state index in [1.807, 2.05) is 13.0 Å². The molecule has 0 fully saturated rings. The molecule has 0 aromatic heterocycles. The van der Waals surface area contributed by atoms with E-state index < -0.39 is 23.8 Å². The smallest absolute Gasteiger partial charge is 0.310 e. The summed E-state index contributed by atoms with van der Waals surface area (Å²) >= 11 is 0. The van der Waals surface area contributed by atoms with Gasteiger partial charge in [-0.1, -0.05) is 24.3 Å². The van der Waals surface area contributed by atoms with Crippen LogP contribution >= 0.6 is 0 Å². The first-order valence-corrected chi connectivity index (χ1v) is 6.79. The zero-order valence-electron chi connectivity index (χ0n) is 11.8. The summed E-state index contributed by atoms with van der Waals surface area (Å²) in [6, 6.07) is 0. The molecule has 0 radical (unpaired) electrons. The van der Waals surface area contributed by atoms with Crippen molar-refractivity contribution in [2.24, 2.45) is 11.8 Å². The van der Waals surface area contributed by atoms with Gasteiger partial charge in [0.2, 0.25) is 0 Å². The molecule has 0 bridgehead atoms. The van der Waals surface area contributed by atoms with Crippen LogP contribution in [0.25, 0.3) is 0 Å². The first-order valence-electron chi connectivity index (χ1n) is 6.79. The van der Waals surface area contributed by atoms with Crippen LogP contribution < -0.4 is 0 Å². The number of rotatable bonds is 8. The Kier molecular flexibility index (Phi) is 7.01. The number of esters is 1. The number of carboxylic acids is 1. The van der Waals surface area contributed by atoms with Crippen LogP contribution in [0.1, 0.15) is 26.2 Å². The summed E-state index contributed by atoms with van der Waals surface area (Å²) in [4.78, 5) is 23.0. The summed E-state index contributed by atoms with van der Waals surface area (Å²) < 4.78 is 10.4. The number of hydrogen-bond donors (Lipinski definition) is 1. The Bertz CT molecular complexity index is 386. The van der Waals surface area contributed by atoms with Crippen molar-refractivity contribution in [2.45, 2.75) is 26.2 Å². The van der Waals surface area contributed by atoms with Gasteiger partial charge in [-0.2, -0.15) is 0 Å². The average Bonchev–Trinajstić information content (AvgIpc) is 2.42. The molecule has 1 aliphatic carbocycles. The third kappa shape index (κ3) is 5.57. The van der Waals surface area contributed by atoms with E-state index in [1.54, 1.807) is 6.08 Å². The van der Waals surface area contributed by atoms with Crippen molar-refractivity contribution in [2.75, 3.05) is 19.8 Å². The number of hydrogen-bond acceptors (Lipinski definition) is 4. The maximum atomic E-state index is 11.9. The predicted molar refractivity (Wildman–Crippen MR) is 74.2 cm³/mol. The lowest BCUT2D eigenvalue weighted by Crippen LogP contribution is -2.32. The number of carbonyl (C=O) groups is 2. The Hall–Kier alpha value is -1.62. The van der Waals surface area contributed by atoms with Crippen LogP contribution in [0.15, 0.2) is 24.3 Å². The van der Waals surface area contributed by atoms with Crippen molar-refractivity contribution in [3.8, 4) is 0 Å². The fraction of sp³-hybridized carbons (Fsp3) is 0.600. The first-order chi connectivity index (χ1) is 9.52. The molecule has 2 unspecified atom stereocenters. The lowest BCUT2D eigenvalue weighted by Gasteiger charge is -2.23. The summed E-state index contributed by atoms with van der Waals surface area (Å²) in [6.07, 6.45) is 5.05. The van der Waals surface area contributed by atoms with Crippen molar-refractivity contribution in [3.63, 3.8) is 0 Å². The van der Waals surface area contributed by atoms with E-state index in [0.717, 1.165) is 5.57 Å². The zero-order chi connectivity index (χ0) is 15.0. The lowest BCUT2D eigenvalue weighted by molar-refractivity contribution is -0.158. The maximum Gasteiger partial charge on any atom is 0.310 e. The molecule has 20 heavy (non-hydrogen) atoms. The Morgan fingerprint density at radius 2 is 1.90 bits per heavy atom. The minimum atomic E-state index is -0.943. The molecule has 1 rings (SSSR count). The third-order valence-corrected chi connectivity index (χ3v) is 3.08. The number of aliphatic carboxylic acids is 1. The van der Waals surface area contributed by atoms with Crippen molar-refractivity contribution in [3.05, 3.63) is 24.3 Å². The molecule has 5 heteroatoms. The minimum Gasteiger partial charge on any atom is -0.481 e. The van der Waals surface area contributed by atoms with Gasteiger partial charge in [0.1, 0.15) is 0 Å². The second-order valence-electron chi connectivity index (χ2n) is 5.02. The van der Waals surface area contributed by atoms with Crippen molar-refractivity contribution in [1.29, 1.82) is 0 Å². The third-order valence-electron chi connectivity index (χ3n) is 3.08. The number of carbonyl (C=O) groups excluding carboxylic acids is 1. The molecule has 0 aromatic rings. The van der Waals surface area contributed by atoms with Gasteiger partial charge in [-0.3, -0.25) is 9.59 Å². The van der Waals surface area contributed by atoms with Gasteiger partial charge in [0.15, 0.2) is 0 Å². The van der Waals surface area contributed by atoms with Crippen LogP contribution in [-0.4, -0.2) is 36.9 Å². The van der Waals surface area contributed by atoms with Crippen LogP contribution in [0, 0.1) is 11.8 Å². The van der Waals surface area contributed by atoms with E-state index in [9.17, 15) is 9.59 Å². The van der Waals surface area contributed by atoms with Gasteiger partial charge in [0, 0.05) is 6.42 Å². The van der Waals surface area contributed by atoms with Gasteiger partial charge in [0.25, 0.3) is 0 Å². The summed E-state index contributed by atoms with van der Waals surface area (Å²) in [5.41, 5.74) is 0.945. The van der Waals surface area contributed by atoms with Crippen LogP contribution in [0.5, 0.6) is 0 Å². The van der Waals surface area contributed by atoms with E-state index in [1.165, 1.54) is 0 Å². The average molecular weight is 282 g/mol. The van der Waals surface area contributed by atoms with Gasteiger partial charge >= 0.3 is 11.9 Å². The van der Waals surface area contributed by atoms with Crippen LogP contribution in [0.3, 0.4) is 0 Å². The fourth-order valence-electron chi connectivity index (χ4n) is 2.03. The van der Waals surface area contributed by atoms with Crippen molar-refractivity contribution < 1.29 is 24.2 Å². The van der Waals surface area contributed by atoms with E-state index in [-0.39, 0.29) is 6.61 Å². The highest BCUT2D eigenvalue weighted by molar-refractivity contribution is 5.81. The number of ether oxygens (including phenoxy) is 2. The quantitative estimate of drug-likeness (QED) is 0.419. The minimum absolute atomic E-state index is 0.252. The molecule has 0 spiro atoms. The molecular weight excluding hydrogens is 260 g/mol. The molecule has 0 amide bonds. The molecule has 5 nitrogen and oxygen atoms in total. The molecule has 0 saturated heterocycles. The van der Waals surface area contributed by atoms with Crippen LogP contribution in [0.2, 0.25) is 0 Å². The number of allylic oxidation sites excluding steroid dienone is 2. The Balaban J connectivity index is 2.26. The first kappa shape index (κ1) is 16.4. The SMILES string of the molecule is C=C(C)COCCCOC(=O)C1CC=CCC1C(=O)O. The Morgan fingerprint density at radius 1 is 1.25 bits per heavy atom. The highest BCUT2D eigenvalue weighted by Crippen LogP contribution is 2.27. The summed E-state index contributed by atoms with van der Waals surface area (Å²) in [5.74, 6) is -2.62. The summed E-state index contributed by atoms with van der Waals surface area (Å²) in [7, 11) is 0. The van der Waals surface area contributed by atoms with Gasteiger partial charge < -0.3 is 14.6 Å². The second-order valence-corrected chi connectivity index (χ2v) is 5.02. The molecule has 112 valence electrons. The molecule has 0 heterocycles. The fourth-order valence-corrected chi connectivity index (χ4v) is 2.03. The van der Waals surface area contributed by atoms with Gasteiger partial charge in [-0.25, -0.2) is 0 Å². The van der Waals surface area contributed by atoms with Crippen molar-refractivity contribution >= 4 is 11.9 Å². The highest BCUT2D eigenvalue weighted by atomic mass is 16.5. The molecule has 2 atom stereocenters. The summed E-state index contributed by atoms with van der Waals surface area (Å²) in [6.45, 7) is 6.84. The number of carboxylic acid groups (broad SMARTS) is 1. The molecular formula is C15H22O5. The van der Waals surface area contributed by atoms with Crippen LogP contribution in [0.4, 0.5) is 0 Å². The molecule has 1 N–H and O–H groups in total. The highest BCUT2D eigenvalue weighted by Gasteiger charge is 2.34. The van der Waals surface area contributed by atoms with E-state index in [4.69, 9.17) is 14.6 Å². The Labute approximate surface area is 119 Å². The largest absolute Gasteiger partial charge is 0.481 e. The summed E-state index contributed by atoms with van der Waals surface area (Å²) in [5, 5.41) is 9.08. The van der Waals surface area contributed by atoms with Crippen molar-refractivity contribution in [1.82, 2.24) is 0 Å². The molecule has 1 aliphatic rings.